The Morgan fingerprint density at radius 3 is 2.50 bits per heavy atom. The highest BCUT2D eigenvalue weighted by molar-refractivity contribution is 7.18. The lowest BCUT2D eigenvalue weighted by Gasteiger charge is -2.01. The van der Waals surface area contributed by atoms with Crippen LogP contribution in [0.3, 0.4) is 0 Å². The number of rotatable bonds is 7. The van der Waals surface area contributed by atoms with Gasteiger partial charge < -0.3 is 11.1 Å². The number of hydrogen-bond donors (Lipinski definition) is 2. The maximum atomic E-state index is 12.4. The van der Waals surface area contributed by atoms with E-state index in [1.165, 1.54) is 11.3 Å². The van der Waals surface area contributed by atoms with E-state index < -0.39 is 0 Å². The lowest BCUT2D eigenvalue weighted by molar-refractivity contribution is 0.104. The Kier molecular flexibility index (Phi) is 7.05. The Morgan fingerprint density at radius 2 is 1.95 bits per heavy atom. The molecule has 0 unspecified atom stereocenters. The van der Waals surface area contributed by atoms with Crippen molar-refractivity contribution in [1.82, 2.24) is 4.98 Å². The summed E-state index contributed by atoms with van der Waals surface area (Å²) in [4.78, 5) is 17.1. The summed E-state index contributed by atoms with van der Waals surface area (Å²) in [5, 5.41) is 3.70. The van der Waals surface area contributed by atoms with Crippen molar-refractivity contribution in [3.63, 3.8) is 0 Å². The Bertz CT molecular complexity index is 663. The van der Waals surface area contributed by atoms with Gasteiger partial charge in [-0.05, 0) is 32.9 Å². The van der Waals surface area contributed by atoms with Crippen molar-refractivity contribution in [1.29, 1.82) is 0 Å². The Hall–Kier alpha value is -2.40. The van der Waals surface area contributed by atoms with Gasteiger partial charge in [0.1, 0.15) is 10.7 Å². The molecular formula is C17H21N3OS. The fourth-order valence-electron chi connectivity index (χ4n) is 1.73. The molecule has 0 spiro atoms. The number of nitrogen functional groups attached to an aromatic ring is 1. The van der Waals surface area contributed by atoms with Crippen LogP contribution in [-0.4, -0.2) is 10.8 Å². The highest BCUT2D eigenvalue weighted by atomic mass is 32.1. The summed E-state index contributed by atoms with van der Waals surface area (Å²) in [5.74, 6) is 0.115. The Morgan fingerprint density at radius 1 is 1.27 bits per heavy atom. The molecule has 116 valence electrons. The van der Waals surface area contributed by atoms with E-state index in [0.29, 0.717) is 15.6 Å². The first-order chi connectivity index (χ1) is 10.6. The Balaban J connectivity index is 3.08. The highest BCUT2D eigenvalue weighted by Gasteiger charge is 2.18. The smallest absolute Gasteiger partial charge is 0.206 e. The number of hydrogen-bond acceptors (Lipinski definition) is 5. The quantitative estimate of drug-likeness (QED) is 0.442. The molecule has 0 aliphatic carbocycles. The van der Waals surface area contributed by atoms with Gasteiger partial charge in [-0.3, -0.25) is 4.79 Å². The lowest BCUT2D eigenvalue weighted by Crippen LogP contribution is -2.02. The molecule has 1 heterocycles. The molecule has 0 aliphatic heterocycles. The molecule has 0 atom stereocenters. The number of nitrogens with one attached hydrogen (secondary N) is 1. The van der Waals surface area contributed by atoms with Gasteiger partial charge in [-0.1, -0.05) is 48.3 Å². The molecule has 0 radical (unpaired) electrons. The van der Waals surface area contributed by atoms with Gasteiger partial charge in [-0.25, -0.2) is 4.98 Å². The van der Waals surface area contributed by atoms with Crippen molar-refractivity contribution >= 4 is 28.1 Å². The normalized spacial score (nSPS) is 13.0. The van der Waals surface area contributed by atoms with Crippen LogP contribution in [0.2, 0.25) is 0 Å². The summed E-state index contributed by atoms with van der Waals surface area (Å²) >= 11 is 1.24. The van der Waals surface area contributed by atoms with Crippen LogP contribution in [0.15, 0.2) is 60.4 Å². The monoisotopic (exact) mass is 315 g/mol. The minimum absolute atomic E-state index is 0.121. The first kappa shape index (κ1) is 17.7. The summed E-state index contributed by atoms with van der Waals surface area (Å²) in [5.41, 5.74) is 7.31. The molecular weight excluding hydrogens is 294 g/mol. The molecule has 1 aromatic heterocycles. The van der Waals surface area contributed by atoms with Crippen LogP contribution < -0.4 is 11.1 Å². The minimum Gasteiger partial charge on any atom is -0.382 e. The summed E-state index contributed by atoms with van der Waals surface area (Å²) in [7, 11) is 0. The van der Waals surface area contributed by atoms with Crippen LogP contribution in [0.1, 0.15) is 30.4 Å². The maximum Gasteiger partial charge on any atom is 0.206 e. The van der Waals surface area contributed by atoms with Gasteiger partial charge in [0.25, 0.3) is 0 Å². The molecule has 1 rings (SSSR count). The second-order valence-electron chi connectivity index (χ2n) is 4.29. The third kappa shape index (κ3) is 4.56. The van der Waals surface area contributed by atoms with Gasteiger partial charge >= 0.3 is 0 Å². The molecule has 1 aromatic rings. The average molecular weight is 315 g/mol. The molecule has 0 saturated carbocycles. The zero-order valence-electron chi connectivity index (χ0n) is 13.1. The predicted molar refractivity (Wildman–Crippen MR) is 96.1 cm³/mol. The van der Waals surface area contributed by atoms with E-state index in [4.69, 9.17) is 5.73 Å². The summed E-state index contributed by atoms with van der Waals surface area (Å²) < 4.78 is 0. The highest BCUT2D eigenvalue weighted by Crippen LogP contribution is 2.28. The van der Waals surface area contributed by atoms with E-state index in [1.807, 2.05) is 45.1 Å². The van der Waals surface area contributed by atoms with E-state index >= 15 is 0 Å². The number of carbonyl (C=O) groups is 1. The standard InChI is InChI=1S/C17H21N3OS/c1-5-9-12(8-4)14(21)15-16(18)20-17(22-15)19-13(10-6-2)11-7-3/h5-11H,2,18H2,1,3-4H3,(H,19,20)/b9-5-,11-7-,12-8+,13-10+. The molecule has 3 N–H and O–H groups in total. The van der Waals surface area contributed by atoms with E-state index in [1.54, 1.807) is 18.2 Å². The first-order valence-electron chi connectivity index (χ1n) is 6.89. The van der Waals surface area contributed by atoms with Crippen LogP contribution in [0, 0.1) is 0 Å². The molecule has 0 bridgehead atoms. The van der Waals surface area contributed by atoms with E-state index in [9.17, 15) is 4.79 Å². The number of allylic oxidation sites excluding steroid dienone is 8. The third-order valence-corrected chi connectivity index (χ3v) is 3.66. The van der Waals surface area contributed by atoms with E-state index in [-0.39, 0.29) is 11.6 Å². The van der Waals surface area contributed by atoms with Crippen molar-refractivity contribution in [2.24, 2.45) is 0 Å². The number of thiazole rings is 1. The molecule has 0 fully saturated rings. The lowest BCUT2D eigenvalue weighted by atomic mass is 10.1. The van der Waals surface area contributed by atoms with Gasteiger partial charge in [-0.15, -0.1) is 0 Å². The first-order valence-corrected chi connectivity index (χ1v) is 7.71. The second kappa shape index (κ2) is 8.79. The molecule has 0 aromatic carbocycles. The van der Waals surface area contributed by atoms with Crippen LogP contribution in [0.25, 0.3) is 0 Å². The number of carbonyl (C=O) groups excluding carboxylic acids is 1. The van der Waals surface area contributed by atoms with E-state index in [0.717, 1.165) is 5.70 Å². The number of Topliss-reactive ketones (excluding diaryl/α,β-unsaturated/α-hetero) is 1. The average Bonchev–Trinajstić information content (AvgIpc) is 2.85. The van der Waals surface area contributed by atoms with Crippen molar-refractivity contribution in [2.45, 2.75) is 20.8 Å². The SMILES string of the molecule is C=C/C=C(\C=C/C)Nc1nc(N)c(C(=O)C(/C=C\C)=C/C)s1. The van der Waals surface area contributed by atoms with Gasteiger partial charge in [0, 0.05) is 11.3 Å². The number of nitrogens with two attached hydrogens (primary N) is 1. The minimum atomic E-state index is -0.121. The zero-order valence-corrected chi connectivity index (χ0v) is 13.9. The van der Waals surface area contributed by atoms with Gasteiger partial charge in [-0.2, -0.15) is 0 Å². The van der Waals surface area contributed by atoms with Crippen LogP contribution in [0.4, 0.5) is 10.9 Å². The van der Waals surface area contributed by atoms with Gasteiger partial charge in [0.2, 0.25) is 5.78 Å². The number of ketones is 1. The summed E-state index contributed by atoms with van der Waals surface area (Å²) in [6, 6.07) is 0. The molecule has 0 amide bonds. The van der Waals surface area contributed by atoms with Crippen LogP contribution in [-0.2, 0) is 0 Å². The molecule has 4 nitrogen and oxygen atoms in total. The Labute approximate surface area is 135 Å². The molecule has 5 heteroatoms. The zero-order chi connectivity index (χ0) is 16.5. The number of anilines is 2. The second-order valence-corrected chi connectivity index (χ2v) is 5.29. The summed E-state index contributed by atoms with van der Waals surface area (Å²) in [6.45, 7) is 9.27. The predicted octanol–water partition coefficient (Wildman–Crippen LogP) is 4.49. The van der Waals surface area contributed by atoms with Crippen molar-refractivity contribution in [3.05, 3.63) is 65.3 Å². The van der Waals surface area contributed by atoms with Gasteiger partial charge in [0.05, 0.1) is 0 Å². The van der Waals surface area contributed by atoms with Crippen molar-refractivity contribution in [3.8, 4) is 0 Å². The fraction of sp³-hybridized carbons (Fsp3) is 0.176. The maximum absolute atomic E-state index is 12.4. The third-order valence-electron chi connectivity index (χ3n) is 2.67. The van der Waals surface area contributed by atoms with Gasteiger partial charge in [0.15, 0.2) is 5.13 Å². The molecule has 0 saturated heterocycles. The number of nitrogens with zero attached hydrogens (tertiary/aromatic N) is 1. The summed E-state index contributed by atoms with van der Waals surface area (Å²) in [6.07, 6.45) is 12.6. The van der Waals surface area contributed by atoms with Crippen molar-refractivity contribution in [2.75, 3.05) is 11.1 Å². The van der Waals surface area contributed by atoms with Crippen LogP contribution >= 0.6 is 11.3 Å². The van der Waals surface area contributed by atoms with E-state index in [2.05, 4.69) is 16.9 Å². The molecule has 0 aliphatic rings. The van der Waals surface area contributed by atoms with Crippen LogP contribution in [0.5, 0.6) is 0 Å². The number of aromatic nitrogens is 1. The van der Waals surface area contributed by atoms with Crippen molar-refractivity contribution < 1.29 is 4.79 Å². The molecule has 22 heavy (non-hydrogen) atoms. The largest absolute Gasteiger partial charge is 0.382 e. The topological polar surface area (TPSA) is 68.0 Å². The fourth-order valence-corrected chi connectivity index (χ4v) is 2.60.